The molecule has 0 saturated carbocycles. The Morgan fingerprint density at radius 2 is 1.36 bits per heavy atom. The van der Waals surface area contributed by atoms with Gasteiger partial charge in [-0.25, -0.2) is 0 Å². The average molecular weight is 165 g/mol. The van der Waals surface area contributed by atoms with E-state index in [0.29, 0.717) is 5.78 Å². The van der Waals surface area contributed by atoms with E-state index in [1.807, 2.05) is 0 Å². The van der Waals surface area contributed by atoms with Gasteiger partial charge in [0, 0.05) is 42.4 Å². The fraction of sp³-hybridized carbons (Fsp3) is 0.889. The third-order valence-corrected chi connectivity index (χ3v) is 1.62. The number of carbonyl (C=O) groups excluding carboxylic acids is 1. The average Bonchev–Trinajstić information content (AvgIpc) is 1.97. The molecule has 0 bridgehead atoms. The van der Waals surface area contributed by atoms with Crippen molar-refractivity contribution < 1.29 is 4.79 Å². The summed E-state index contributed by atoms with van der Waals surface area (Å²) in [5.74, 6) is 0.448. The number of ketones is 1. The van der Waals surface area contributed by atoms with E-state index >= 15 is 0 Å². The molecule has 1 nitrogen and oxygen atoms in total. The van der Waals surface area contributed by atoms with Gasteiger partial charge >= 0.3 is 0 Å². The molecule has 0 aromatic carbocycles. The van der Waals surface area contributed by atoms with Gasteiger partial charge in [-0.3, -0.25) is 4.79 Å². The Morgan fingerprint density at radius 1 is 1.00 bits per heavy atom. The molecule has 0 aliphatic rings. The summed E-state index contributed by atoms with van der Waals surface area (Å²) in [6, 6.07) is 0. The maximum atomic E-state index is 11.0. The van der Waals surface area contributed by atoms with E-state index in [4.69, 9.17) is 0 Å². The number of unbranched alkanes of at least 4 members (excludes halogenated alkanes) is 2. The van der Waals surface area contributed by atoms with Crippen molar-refractivity contribution in [1.29, 1.82) is 0 Å². The Hall–Kier alpha value is 0.670. The minimum absolute atomic E-state index is 0. The quantitative estimate of drug-likeness (QED) is 0.553. The summed E-state index contributed by atoms with van der Waals surface area (Å²) < 4.78 is 0. The first-order valence-corrected chi connectivity index (χ1v) is 4.33. The Morgan fingerprint density at radius 3 is 1.64 bits per heavy atom. The third-order valence-electron chi connectivity index (χ3n) is 1.62. The Balaban J connectivity index is 0. The van der Waals surface area contributed by atoms with E-state index in [1.54, 1.807) is 0 Å². The summed E-state index contributed by atoms with van der Waals surface area (Å²) in [4.78, 5) is 11.0. The van der Waals surface area contributed by atoms with Gasteiger partial charge in [-0.1, -0.05) is 26.7 Å². The molecule has 2 heteroatoms. The molecule has 0 saturated heterocycles. The van der Waals surface area contributed by atoms with E-state index < -0.39 is 0 Å². The van der Waals surface area contributed by atoms with Crippen LogP contribution in [0.25, 0.3) is 0 Å². The molecule has 0 aromatic heterocycles. The Kier molecular flexibility index (Phi) is 13.8. The van der Waals surface area contributed by atoms with Gasteiger partial charge in [0.25, 0.3) is 0 Å². The molecule has 0 aromatic rings. The minimum Gasteiger partial charge on any atom is -0.300 e. The number of hydrogen-bond donors (Lipinski definition) is 0. The predicted molar refractivity (Wildman–Crippen MR) is 49.8 cm³/mol. The van der Waals surface area contributed by atoms with Gasteiger partial charge < -0.3 is 0 Å². The van der Waals surface area contributed by atoms with Crippen LogP contribution >= 0.6 is 0 Å². The topological polar surface area (TPSA) is 17.1 Å². The fourth-order valence-corrected chi connectivity index (χ4v) is 0.873. The fourth-order valence-electron chi connectivity index (χ4n) is 0.873. The molecular weight excluding hydrogens is 147 g/mol. The number of Topliss-reactive ketones (excluding diaryl/α,β-unsaturated/α-hetero) is 1. The largest absolute Gasteiger partial charge is 0.300 e. The van der Waals surface area contributed by atoms with Gasteiger partial charge in [-0.2, -0.15) is 0 Å². The van der Waals surface area contributed by atoms with Crippen molar-refractivity contribution in [2.24, 2.45) is 0 Å². The second-order valence-electron chi connectivity index (χ2n) is 2.75. The summed E-state index contributed by atoms with van der Waals surface area (Å²) in [5, 5.41) is 0. The second-order valence-corrected chi connectivity index (χ2v) is 2.75. The molecule has 0 amide bonds. The maximum absolute atomic E-state index is 11.0. The molecule has 0 spiro atoms. The maximum Gasteiger partial charge on any atom is 0.132 e. The van der Waals surface area contributed by atoms with Crippen LogP contribution in [0.2, 0.25) is 0 Å². The van der Waals surface area contributed by atoms with Crippen LogP contribution < -0.4 is 0 Å². The summed E-state index contributed by atoms with van der Waals surface area (Å²) in [7, 11) is 0. The zero-order chi connectivity index (χ0) is 7.82. The molecule has 0 atom stereocenters. The van der Waals surface area contributed by atoms with Gasteiger partial charge in [0.2, 0.25) is 0 Å². The molecule has 0 N–H and O–H groups in total. The second kappa shape index (κ2) is 10.7. The van der Waals surface area contributed by atoms with E-state index in [1.165, 1.54) is 0 Å². The molecule has 61 valence electrons. The van der Waals surface area contributed by atoms with E-state index in [2.05, 4.69) is 13.8 Å². The van der Waals surface area contributed by atoms with Crippen LogP contribution in [0.1, 0.15) is 52.4 Å². The summed E-state index contributed by atoms with van der Waals surface area (Å²) in [6.45, 7) is 4.24. The normalized spacial score (nSPS) is 8.91. The number of carbonyl (C=O) groups is 1. The zero-order valence-electron chi connectivity index (χ0n) is 8.15. The van der Waals surface area contributed by atoms with Crippen molar-refractivity contribution in [3.8, 4) is 0 Å². The molecule has 0 heterocycles. The van der Waals surface area contributed by atoms with Crippen molar-refractivity contribution >= 4 is 35.3 Å². The van der Waals surface area contributed by atoms with Crippen molar-refractivity contribution in [2.45, 2.75) is 52.4 Å². The van der Waals surface area contributed by atoms with E-state index in [-0.39, 0.29) is 29.6 Å². The van der Waals surface area contributed by atoms with Gasteiger partial charge in [0.1, 0.15) is 5.78 Å². The molecule has 0 aliphatic carbocycles. The first-order valence-electron chi connectivity index (χ1n) is 4.33. The van der Waals surface area contributed by atoms with Crippen molar-refractivity contribution in [2.75, 3.05) is 0 Å². The van der Waals surface area contributed by atoms with Crippen LogP contribution in [0.3, 0.4) is 0 Å². The summed E-state index contributed by atoms with van der Waals surface area (Å²) in [5.41, 5.74) is 0. The Bertz CT molecular complexity index is 81.6. The Labute approximate surface area is 92.2 Å². The van der Waals surface area contributed by atoms with Crippen LogP contribution in [0.4, 0.5) is 0 Å². The van der Waals surface area contributed by atoms with Gasteiger partial charge in [0.15, 0.2) is 0 Å². The van der Waals surface area contributed by atoms with Crippen LogP contribution in [-0.4, -0.2) is 35.3 Å². The summed E-state index contributed by atoms with van der Waals surface area (Å²) >= 11 is 0. The number of rotatable bonds is 6. The zero-order valence-corrected chi connectivity index (χ0v) is 10.2. The molecule has 1 radical (unpaired) electrons. The molecular formula is C9H18NaO. The molecule has 0 unspecified atom stereocenters. The smallest absolute Gasteiger partial charge is 0.132 e. The number of hydrogen-bond acceptors (Lipinski definition) is 1. The van der Waals surface area contributed by atoms with Crippen molar-refractivity contribution in [3.05, 3.63) is 0 Å². The van der Waals surface area contributed by atoms with Crippen molar-refractivity contribution in [3.63, 3.8) is 0 Å². The summed E-state index contributed by atoms with van der Waals surface area (Å²) in [6.07, 6.45) is 6.02. The van der Waals surface area contributed by atoms with Crippen LogP contribution in [0, 0.1) is 0 Å². The SMILES string of the molecule is CCCCC(=O)CCCC.[Na]. The molecule has 11 heavy (non-hydrogen) atoms. The van der Waals surface area contributed by atoms with Crippen LogP contribution in [0.15, 0.2) is 0 Å². The third kappa shape index (κ3) is 10.7. The minimum atomic E-state index is 0. The van der Waals surface area contributed by atoms with E-state index in [0.717, 1.165) is 38.5 Å². The first kappa shape index (κ1) is 14.2. The standard InChI is InChI=1S/C9H18O.Na/c1-3-5-7-9(10)8-6-4-2;/h3-8H2,1-2H3;. The van der Waals surface area contributed by atoms with Gasteiger partial charge in [-0.05, 0) is 12.8 Å². The predicted octanol–water partition coefficient (Wildman–Crippen LogP) is 2.56. The van der Waals surface area contributed by atoms with Gasteiger partial charge in [0.05, 0.1) is 0 Å². The monoisotopic (exact) mass is 165 g/mol. The first-order chi connectivity index (χ1) is 4.81. The van der Waals surface area contributed by atoms with Crippen molar-refractivity contribution in [1.82, 2.24) is 0 Å². The van der Waals surface area contributed by atoms with Crippen LogP contribution in [-0.2, 0) is 4.79 Å². The molecule has 0 rings (SSSR count). The van der Waals surface area contributed by atoms with E-state index in [9.17, 15) is 4.79 Å². The van der Waals surface area contributed by atoms with Crippen LogP contribution in [0.5, 0.6) is 0 Å². The molecule has 0 fully saturated rings. The van der Waals surface area contributed by atoms with Gasteiger partial charge in [-0.15, -0.1) is 0 Å². The molecule has 0 aliphatic heterocycles.